The van der Waals surface area contributed by atoms with Crippen LogP contribution in [0.5, 0.6) is 0 Å². The van der Waals surface area contributed by atoms with E-state index in [-0.39, 0.29) is 6.07 Å². The maximum Gasteiger partial charge on any atom is 0.419 e. The first-order chi connectivity index (χ1) is 8.61. The fourth-order valence-corrected chi connectivity index (χ4v) is 1.14. The molecule has 0 radical (unpaired) electrons. The van der Waals surface area contributed by atoms with E-state index in [1.165, 1.54) is 0 Å². The van der Waals surface area contributed by atoms with Gasteiger partial charge in [-0.05, 0) is 6.07 Å². The Balaban J connectivity index is 3.38. The highest BCUT2D eigenvalue weighted by molar-refractivity contribution is 5.93. The molecule has 0 fully saturated rings. The van der Waals surface area contributed by atoms with Crippen molar-refractivity contribution in [1.82, 2.24) is 0 Å². The van der Waals surface area contributed by atoms with Gasteiger partial charge in [0.1, 0.15) is 11.5 Å². The highest BCUT2D eigenvalue weighted by atomic mass is 19.4. The summed E-state index contributed by atoms with van der Waals surface area (Å²) in [7, 11) is 0. The molecule has 5 nitrogen and oxygen atoms in total. The van der Waals surface area contributed by atoms with Gasteiger partial charge in [0.2, 0.25) is 5.96 Å². The van der Waals surface area contributed by atoms with Crippen LogP contribution in [0.1, 0.15) is 5.56 Å². The van der Waals surface area contributed by atoms with E-state index in [0.717, 1.165) is 0 Å². The van der Waals surface area contributed by atoms with Gasteiger partial charge in [0.05, 0.1) is 5.56 Å². The lowest BCUT2D eigenvalue weighted by Crippen LogP contribution is -2.26. The zero-order valence-corrected chi connectivity index (χ0v) is 9.17. The molecular formula is C9H8F5N5. The van der Waals surface area contributed by atoms with E-state index in [4.69, 9.17) is 17.2 Å². The molecule has 0 aliphatic rings. The fourth-order valence-electron chi connectivity index (χ4n) is 1.14. The molecule has 1 aromatic rings. The lowest BCUT2D eigenvalue weighted by Gasteiger charge is -2.09. The van der Waals surface area contributed by atoms with E-state index in [1.54, 1.807) is 0 Å². The number of hydrogen-bond donors (Lipinski definition) is 3. The van der Waals surface area contributed by atoms with Gasteiger partial charge in [-0.25, -0.2) is 13.8 Å². The summed E-state index contributed by atoms with van der Waals surface area (Å²) in [6.45, 7) is 0. The van der Waals surface area contributed by atoms with E-state index in [9.17, 15) is 22.0 Å². The number of halogens is 5. The number of alkyl halides is 3. The first kappa shape index (κ1) is 14.7. The second-order valence-electron chi connectivity index (χ2n) is 3.29. The minimum Gasteiger partial charge on any atom is -0.370 e. The molecule has 1 aromatic carbocycles. The van der Waals surface area contributed by atoms with Crippen LogP contribution in [0.2, 0.25) is 0 Å². The third kappa shape index (κ3) is 3.79. The van der Waals surface area contributed by atoms with Crippen LogP contribution in [0.3, 0.4) is 0 Å². The van der Waals surface area contributed by atoms with Crippen molar-refractivity contribution < 1.29 is 22.0 Å². The zero-order chi connectivity index (χ0) is 14.8. The Morgan fingerprint density at radius 3 is 2.11 bits per heavy atom. The van der Waals surface area contributed by atoms with Crippen LogP contribution >= 0.6 is 0 Å². The number of benzene rings is 1. The van der Waals surface area contributed by atoms with Crippen LogP contribution in [-0.2, 0) is 6.18 Å². The smallest absolute Gasteiger partial charge is 0.370 e. The molecule has 0 heterocycles. The van der Waals surface area contributed by atoms with Crippen molar-refractivity contribution in [2.75, 3.05) is 0 Å². The number of guanidine groups is 2. The lowest BCUT2D eigenvalue weighted by molar-refractivity contribution is -0.140. The first-order valence-electron chi connectivity index (χ1n) is 4.61. The Morgan fingerprint density at radius 2 is 1.63 bits per heavy atom. The predicted molar refractivity (Wildman–Crippen MR) is 58.5 cm³/mol. The van der Waals surface area contributed by atoms with Crippen molar-refractivity contribution in [2.45, 2.75) is 6.18 Å². The van der Waals surface area contributed by atoms with Crippen molar-refractivity contribution in [1.29, 1.82) is 0 Å². The summed E-state index contributed by atoms with van der Waals surface area (Å²) in [6.07, 6.45) is -5.07. The van der Waals surface area contributed by atoms with Gasteiger partial charge in [-0.2, -0.15) is 18.2 Å². The van der Waals surface area contributed by atoms with Crippen LogP contribution in [0, 0.1) is 11.6 Å². The molecule has 0 bridgehead atoms. The standard InChI is InChI=1S/C9H8F5N5/c10-3-1-4(9(12,13)14)6(11)5(2-3)18-8(17)19-7(15)16/h1-2H,(H6,15,16,17,18,19). The van der Waals surface area contributed by atoms with Gasteiger partial charge in [0.25, 0.3) is 0 Å². The van der Waals surface area contributed by atoms with E-state index >= 15 is 0 Å². The first-order valence-corrected chi connectivity index (χ1v) is 4.61. The molecular weight excluding hydrogens is 273 g/mol. The monoisotopic (exact) mass is 281 g/mol. The summed E-state index contributed by atoms with van der Waals surface area (Å²) in [5.74, 6) is -4.35. The average molecular weight is 281 g/mol. The van der Waals surface area contributed by atoms with E-state index < -0.39 is 41.0 Å². The third-order valence-electron chi connectivity index (χ3n) is 1.80. The summed E-state index contributed by atoms with van der Waals surface area (Å²) < 4.78 is 63.7. The molecule has 0 amide bonds. The number of rotatable bonds is 1. The molecule has 0 aliphatic heterocycles. The zero-order valence-electron chi connectivity index (χ0n) is 9.17. The molecule has 0 aromatic heterocycles. The minimum atomic E-state index is -5.07. The molecule has 0 aliphatic carbocycles. The molecule has 0 saturated carbocycles. The van der Waals surface area contributed by atoms with Crippen molar-refractivity contribution >= 4 is 17.6 Å². The largest absolute Gasteiger partial charge is 0.419 e. The number of nitrogens with zero attached hydrogens (tertiary/aromatic N) is 2. The topological polar surface area (TPSA) is 103 Å². The number of hydrogen-bond acceptors (Lipinski definition) is 1. The van der Waals surface area contributed by atoms with E-state index in [2.05, 4.69) is 9.98 Å². The highest BCUT2D eigenvalue weighted by Gasteiger charge is 2.36. The van der Waals surface area contributed by atoms with Gasteiger partial charge in [0, 0.05) is 6.07 Å². The maximum atomic E-state index is 13.5. The average Bonchev–Trinajstić information content (AvgIpc) is 2.19. The number of aliphatic imine (C=N–C) groups is 2. The van der Waals surface area contributed by atoms with Crippen molar-refractivity contribution in [2.24, 2.45) is 27.2 Å². The summed E-state index contributed by atoms with van der Waals surface area (Å²) in [6, 6.07) is 0.435. The Kier molecular flexibility index (Phi) is 3.92. The second-order valence-corrected chi connectivity index (χ2v) is 3.29. The Labute approximate surface area is 103 Å². The van der Waals surface area contributed by atoms with Gasteiger partial charge < -0.3 is 17.2 Å². The van der Waals surface area contributed by atoms with E-state index in [0.29, 0.717) is 6.07 Å². The van der Waals surface area contributed by atoms with Gasteiger partial charge in [-0.15, -0.1) is 0 Å². The van der Waals surface area contributed by atoms with Crippen LogP contribution < -0.4 is 17.2 Å². The fraction of sp³-hybridized carbons (Fsp3) is 0.111. The van der Waals surface area contributed by atoms with Gasteiger partial charge in [-0.3, -0.25) is 0 Å². The molecule has 1 rings (SSSR count). The summed E-state index contributed by atoms with van der Waals surface area (Å²) in [5.41, 5.74) is 12.2. The summed E-state index contributed by atoms with van der Waals surface area (Å²) >= 11 is 0. The van der Waals surface area contributed by atoms with Crippen molar-refractivity contribution in [3.05, 3.63) is 29.3 Å². The maximum absolute atomic E-state index is 13.5. The van der Waals surface area contributed by atoms with Crippen molar-refractivity contribution in [3.63, 3.8) is 0 Å². The minimum absolute atomic E-state index is 0.00506. The molecule has 10 heteroatoms. The SMILES string of the molecule is NC(N)=NC(N)=Nc1cc(F)cc(C(F)(F)F)c1F. The Hall–Kier alpha value is -2.39. The van der Waals surface area contributed by atoms with Gasteiger partial charge >= 0.3 is 6.18 Å². The number of nitrogens with two attached hydrogens (primary N) is 3. The Morgan fingerprint density at radius 1 is 1.05 bits per heavy atom. The van der Waals surface area contributed by atoms with Gasteiger partial charge in [-0.1, -0.05) is 0 Å². The predicted octanol–water partition coefficient (Wildman–Crippen LogP) is 1.20. The molecule has 19 heavy (non-hydrogen) atoms. The van der Waals surface area contributed by atoms with Crippen molar-refractivity contribution in [3.8, 4) is 0 Å². The molecule has 6 N–H and O–H groups in total. The van der Waals surface area contributed by atoms with Crippen LogP contribution in [0.4, 0.5) is 27.6 Å². The normalized spacial score (nSPS) is 12.4. The molecule has 0 spiro atoms. The lowest BCUT2D eigenvalue weighted by atomic mass is 10.1. The van der Waals surface area contributed by atoms with E-state index in [1.807, 2.05) is 0 Å². The molecule has 104 valence electrons. The molecule has 0 saturated heterocycles. The van der Waals surface area contributed by atoms with Crippen LogP contribution in [-0.4, -0.2) is 11.9 Å². The second kappa shape index (κ2) is 5.08. The van der Waals surface area contributed by atoms with Crippen LogP contribution in [0.25, 0.3) is 0 Å². The quantitative estimate of drug-likeness (QED) is 0.409. The molecule has 0 atom stereocenters. The summed E-state index contributed by atoms with van der Waals surface area (Å²) in [4.78, 5) is 6.33. The molecule has 0 unspecified atom stereocenters. The Bertz CT molecular complexity index is 545. The third-order valence-corrected chi connectivity index (χ3v) is 1.80. The van der Waals surface area contributed by atoms with Gasteiger partial charge in [0.15, 0.2) is 11.8 Å². The highest BCUT2D eigenvalue weighted by Crippen LogP contribution is 2.35. The van der Waals surface area contributed by atoms with Crippen LogP contribution in [0.15, 0.2) is 22.1 Å². The summed E-state index contributed by atoms with van der Waals surface area (Å²) in [5, 5.41) is 0.